The molecule has 0 saturated carbocycles. The molecule has 0 saturated heterocycles. The van der Waals surface area contributed by atoms with E-state index < -0.39 is 0 Å². The van der Waals surface area contributed by atoms with Crippen molar-refractivity contribution in [1.29, 1.82) is 0 Å². The van der Waals surface area contributed by atoms with Crippen molar-refractivity contribution in [2.24, 2.45) is 0 Å². The molecule has 14 heavy (non-hydrogen) atoms. The van der Waals surface area contributed by atoms with Gasteiger partial charge in [-0.2, -0.15) is 0 Å². The van der Waals surface area contributed by atoms with Gasteiger partial charge in [0.1, 0.15) is 0 Å². The van der Waals surface area contributed by atoms with E-state index in [0.29, 0.717) is 0 Å². The third-order valence-electron chi connectivity index (χ3n) is 3.06. The summed E-state index contributed by atoms with van der Waals surface area (Å²) >= 11 is 0. The van der Waals surface area contributed by atoms with E-state index in [1.807, 2.05) is 0 Å². The normalized spacial score (nSPS) is 14.2. The molecule has 2 nitrogen and oxygen atoms in total. The van der Waals surface area contributed by atoms with E-state index >= 15 is 0 Å². The molecule has 0 unspecified atom stereocenters. The molecular weight excluding hydrogens is 172 g/mol. The molecule has 2 rings (SSSR count). The number of hydrogen-bond acceptors (Lipinski definition) is 2. The Labute approximate surface area is 85.7 Å². The van der Waals surface area contributed by atoms with Crippen molar-refractivity contribution in [3.63, 3.8) is 0 Å². The molecule has 1 aromatic heterocycles. The van der Waals surface area contributed by atoms with Crippen molar-refractivity contribution in [2.75, 3.05) is 11.9 Å². The van der Waals surface area contributed by atoms with Crippen LogP contribution in [0.25, 0.3) is 0 Å². The van der Waals surface area contributed by atoms with Crippen LogP contribution in [-0.2, 0) is 12.8 Å². The summed E-state index contributed by atoms with van der Waals surface area (Å²) in [7, 11) is 0. The topological polar surface area (TPSA) is 24.9 Å². The van der Waals surface area contributed by atoms with Crippen LogP contribution in [0.3, 0.4) is 0 Å². The minimum atomic E-state index is 0.997. The third-order valence-corrected chi connectivity index (χ3v) is 3.06. The monoisotopic (exact) mass is 190 g/mol. The van der Waals surface area contributed by atoms with E-state index in [-0.39, 0.29) is 0 Å². The van der Waals surface area contributed by atoms with Crippen LogP contribution in [0.1, 0.15) is 35.9 Å². The average Bonchev–Trinajstić information content (AvgIpc) is 2.60. The third kappa shape index (κ3) is 1.39. The Morgan fingerprint density at radius 1 is 1.29 bits per heavy atom. The molecule has 0 spiro atoms. The zero-order chi connectivity index (χ0) is 10.1. The number of anilines is 1. The molecule has 76 valence electrons. The molecule has 2 heteroatoms. The molecule has 1 aliphatic carbocycles. The van der Waals surface area contributed by atoms with Gasteiger partial charge in [0, 0.05) is 23.6 Å². The van der Waals surface area contributed by atoms with Crippen LogP contribution in [0.15, 0.2) is 0 Å². The Hall–Kier alpha value is -1.05. The summed E-state index contributed by atoms with van der Waals surface area (Å²) in [5.41, 5.74) is 6.65. The van der Waals surface area contributed by atoms with Gasteiger partial charge in [0.15, 0.2) is 0 Å². The maximum absolute atomic E-state index is 4.66. The second-order valence-corrected chi connectivity index (χ2v) is 4.01. The number of nitrogens with one attached hydrogen (secondary N) is 1. The standard InChI is InChI=1S/C12H18N2/c1-4-13-12-8(2)9(3)14-11-7-5-6-10(11)12/h4-7H2,1-3H3,(H,13,14). The van der Waals surface area contributed by atoms with Crippen LogP contribution < -0.4 is 5.32 Å². The van der Waals surface area contributed by atoms with Crippen LogP contribution in [0.5, 0.6) is 0 Å². The Morgan fingerprint density at radius 2 is 2.07 bits per heavy atom. The average molecular weight is 190 g/mol. The highest BCUT2D eigenvalue weighted by Gasteiger charge is 2.18. The quantitative estimate of drug-likeness (QED) is 0.775. The Balaban J connectivity index is 2.54. The van der Waals surface area contributed by atoms with Gasteiger partial charge in [-0.25, -0.2) is 0 Å². The first-order chi connectivity index (χ1) is 6.74. The predicted octanol–water partition coefficient (Wildman–Crippen LogP) is 2.62. The molecular formula is C12H18N2. The van der Waals surface area contributed by atoms with Crippen molar-refractivity contribution < 1.29 is 0 Å². The lowest BCUT2D eigenvalue weighted by Gasteiger charge is -2.14. The smallest absolute Gasteiger partial charge is 0.0459 e. The van der Waals surface area contributed by atoms with Crippen molar-refractivity contribution in [2.45, 2.75) is 40.0 Å². The van der Waals surface area contributed by atoms with Crippen LogP contribution in [0.2, 0.25) is 0 Å². The van der Waals surface area contributed by atoms with Gasteiger partial charge in [-0.15, -0.1) is 0 Å². The van der Waals surface area contributed by atoms with Gasteiger partial charge < -0.3 is 5.32 Å². The Kier molecular flexibility index (Phi) is 2.44. The number of rotatable bonds is 2. The molecule has 0 aliphatic heterocycles. The van der Waals surface area contributed by atoms with E-state index in [9.17, 15) is 0 Å². The first-order valence-corrected chi connectivity index (χ1v) is 5.46. The van der Waals surface area contributed by atoms with Gasteiger partial charge in [0.2, 0.25) is 0 Å². The van der Waals surface area contributed by atoms with Crippen LogP contribution in [-0.4, -0.2) is 11.5 Å². The minimum Gasteiger partial charge on any atom is -0.385 e. The van der Waals surface area contributed by atoms with Crippen LogP contribution >= 0.6 is 0 Å². The molecule has 0 radical (unpaired) electrons. The number of aryl methyl sites for hydroxylation is 2. The van der Waals surface area contributed by atoms with E-state index in [2.05, 4.69) is 31.1 Å². The zero-order valence-corrected chi connectivity index (χ0v) is 9.28. The van der Waals surface area contributed by atoms with Crippen molar-refractivity contribution in [3.05, 3.63) is 22.5 Å². The van der Waals surface area contributed by atoms with Gasteiger partial charge >= 0.3 is 0 Å². The summed E-state index contributed by atoms with van der Waals surface area (Å²) in [6.45, 7) is 7.42. The van der Waals surface area contributed by atoms with E-state index in [4.69, 9.17) is 0 Å². The number of fused-ring (bicyclic) bond motifs is 1. The Morgan fingerprint density at radius 3 is 2.79 bits per heavy atom. The van der Waals surface area contributed by atoms with Crippen LogP contribution in [0, 0.1) is 13.8 Å². The fraction of sp³-hybridized carbons (Fsp3) is 0.583. The SMILES string of the molecule is CCNc1c(C)c(C)nc2c1CCC2. The largest absolute Gasteiger partial charge is 0.385 e. The summed E-state index contributed by atoms with van der Waals surface area (Å²) in [4.78, 5) is 4.66. The highest BCUT2D eigenvalue weighted by molar-refractivity contribution is 5.61. The van der Waals surface area contributed by atoms with Gasteiger partial charge in [-0.05, 0) is 51.2 Å². The van der Waals surface area contributed by atoms with E-state index in [1.165, 1.54) is 41.0 Å². The van der Waals surface area contributed by atoms with E-state index in [1.54, 1.807) is 0 Å². The minimum absolute atomic E-state index is 0.997. The van der Waals surface area contributed by atoms with Gasteiger partial charge in [-0.3, -0.25) is 4.98 Å². The first kappa shape index (κ1) is 9.50. The lowest BCUT2D eigenvalue weighted by molar-refractivity contribution is 0.896. The molecule has 0 atom stereocenters. The van der Waals surface area contributed by atoms with Crippen molar-refractivity contribution >= 4 is 5.69 Å². The number of nitrogens with zero attached hydrogens (tertiary/aromatic N) is 1. The highest BCUT2D eigenvalue weighted by atomic mass is 14.9. The first-order valence-electron chi connectivity index (χ1n) is 5.46. The molecule has 1 aromatic rings. The Bertz CT molecular complexity index is 356. The second kappa shape index (κ2) is 3.60. The number of hydrogen-bond donors (Lipinski definition) is 1. The fourth-order valence-electron chi connectivity index (χ4n) is 2.23. The summed E-state index contributed by atoms with van der Waals surface area (Å²) in [6, 6.07) is 0. The maximum atomic E-state index is 4.66. The number of aromatic nitrogens is 1. The second-order valence-electron chi connectivity index (χ2n) is 4.01. The van der Waals surface area contributed by atoms with Crippen molar-refractivity contribution in [1.82, 2.24) is 4.98 Å². The molecule has 1 heterocycles. The highest BCUT2D eigenvalue weighted by Crippen LogP contribution is 2.31. The lowest BCUT2D eigenvalue weighted by Crippen LogP contribution is -2.06. The zero-order valence-electron chi connectivity index (χ0n) is 9.28. The molecule has 0 fully saturated rings. The summed E-state index contributed by atoms with van der Waals surface area (Å²) < 4.78 is 0. The van der Waals surface area contributed by atoms with Crippen LogP contribution in [0.4, 0.5) is 5.69 Å². The van der Waals surface area contributed by atoms with Gasteiger partial charge in [0.25, 0.3) is 0 Å². The maximum Gasteiger partial charge on any atom is 0.0459 e. The summed E-state index contributed by atoms with van der Waals surface area (Å²) in [5.74, 6) is 0. The molecule has 1 aliphatic rings. The fourth-order valence-corrected chi connectivity index (χ4v) is 2.23. The lowest BCUT2D eigenvalue weighted by atomic mass is 10.1. The summed E-state index contributed by atoms with van der Waals surface area (Å²) in [5, 5.41) is 3.48. The van der Waals surface area contributed by atoms with Crippen molar-refractivity contribution in [3.8, 4) is 0 Å². The predicted molar refractivity (Wildman–Crippen MR) is 59.9 cm³/mol. The molecule has 0 aromatic carbocycles. The molecule has 0 amide bonds. The van der Waals surface area contributed by atoms with Gasteiger partial charge in [-0.1, -0.05) is 0 Å². The molecule has 0 bridgehead atoms. The van der Waals surface area contributed by atoms with E-state index in [0.717, 1.165) is 13.0 Å². The summed E-state index contributed by atoms with van der Waals surface area (Å²) in [6.07, 6.45) is 3.63. The molecule has 1 N–H and O–H groups in total. The van der Waals surface area contributed by atoms with Gasteiger partial charge in [0.05, 0.1) is 0 Å². The number of pyridine rings is 1.